The predicted molar refractivity (Wildman–Crippen MR) is 95.7 cm³/mol. The van der Waals surface area contributed by atoms with Crippen LogP contribution in [0.15, 0.2) is 24.3 Å². The van der Waals surface area contributed by atoms with Crippen molar-refractivity contribution in [2.45, 2.75) is 20.4 Å². The Kier molecular flexibility index (Phi) is 4.92. The molecule has 1 amide bonds. The highest BCUT2D eigenvalue weighted by atomic mass is 35.5. The Hall–Kier alpha value is -1.85. The summed E-state index contributed by atoms with van der Waals surface area (Å²) in [5, 5.41) is 5.30. The van der Waals surface area contributed by atoms with Crippen LogP contribution in [0.5, 0.6) is 0 Å². The van der Waals surface area contributed by atoms with Gasteiger partial charge in [0.25, 0.3) is 5.91 Å². The van der Waals surface area contributed by atoms with E-state index in [2.05, 4.69) is 17.0 Å². The van der Waals surface area contributed by atoms with Gasteiger partial charge in [-0.25, -0.2) is 0 Å². The average Bonchev–Trinajstić information content (AvgIpc) is 2.84. The third-order valence-corrected chi connectivity index (χ3v) is 5.03. The molecule has 1 aliphatic rings. The molecule has 128 valence electrons. The molecule has 2 aromatic rings. The summed E-state index contributed by atoms with van der Waals surface area (Å²) in [5.74, 6) is 0.0866. The first-order valence-electron chi connectivity index (χ1n) is 8.22. The van der Waals surface area contributed by atoms with Crippen LogP contribution in [0.2, 0.25) is 5.02 Å². The molecule has 0 atom stereocenters. The van der Waals surface area contributed by atoms with Gasteiger partial charge in [-0.3, -0.25) is 9.48 Å². The Morgan fingerprint density at radius 2 is 1.83 bits per heavy atom. The normalized spacial score (nSPS) is 15.8. The van der Waals surface area contributed by atoms with E-state index in [9.17, 15) is 4.79 Å². The standard InChI is InChI=1S/C18H23ClN4O/c1-13-17(18(24)22-10-8-21(3)9-11-22)14(2)23(20-13)12-15-6-4-5-7-16(15)19/h4-7H,8-12H2,1-3H3. The van der Waals surface area contributed by atoms with Crippen LogP contribution in [-0.4, -0.2) is 58.7 Å². The van der Waals surface area contributed by atoms with Crippen molar-refractivity contribution in [1.29, 1.82) is 0 Å². The van der Waals surface area contributed by atoms with Gasteiger partial charge < -0.3 is 9.80 Å². The van der Waals surface area contributed by atoms with Gasteiger partial charge in [0.15, 0.2) is 0 Å². The molecular weight excluding hydrogens is 324 g/mol. The number of benzene rings is 1. The maximum atomic E-state index is 12.9. The maximum absolute atomic E-state index is 12.9. The summed E-state index contributed by atoms with van der Waals surface area (Å²) in [6.07, 6.45) is 0. The second kappa shape index (κ2) is 6.95. The van der Waals surface area contributed by atoms with Gasteiger partial charge in [-0.05, 0) is 32.5 Å². The van der Waals surface area contributed by atoms with Crippen LogP contribution in [0.4, 0.5) is 0 Å². The molecule has 0 bridgehead atoms. The number of nitrogens with zero attached hydrogens (tertiary/aromatic N) is 4. The van der Waals surface area contributed by atoms with Gasteiger partial charge in [-0.1, -0.05) is 29.8 Å². The van der Waals surface area contributed by atoms with Crippen LogP contribution >= 0.6 is 11.6 Å². The molecule has 0 saturated carbocycles. The molecule has 1 aromatic heterocycles. The number of carbonyl (C=O) groups is 1. The highest BCUT2D eigenvalue weighted by Crippen LogP contribution is 2.21. The van der Waals surface area contributed by atoms with Gasteiger partial charge in [0.2, 0.25) is 0 Å². The number of piperazine rings is 1. The zero-order valence-corrected chi connectivity index (χ0v) is 15.2. The smallest absolute Gasteiger partial charge is 0.257 e. The van der Waals surface area contributed by atoms with Gasteiger partial charge in [-0.2, -0.15) is 5.10 Å². The van der Waals surface area contributed by atoms with Crippen LogP contribution in [0.3, 0.4) is 0 Å². The third-order valence-electron chi connectivity index (χ3n) is 4.66. The van der Waals surface area contributed by atoms with E-state index in [1.165, 1.54) is 0 Å². The molecule has 6 heteroatoms. The molecule has 2 heterocycles. The topological polar surface area (TPSA) is 41.4 Å². The number of hydrogen-bond acceptors (Lipinski definition) is 3. The van der Waals surface area contributed by atoms with E-state index in [0.29, 0.717) is 6.54 Å². The molecule has 1 saturated heterocycles. The SMILES string of the molecule is Cc1nn(Cc2ccccc2Cl)c(C)c1C(=O)N1CCN(C)CC1. The zero-order valence-electron chi connectivity index (χ0n) is 14.4. The summed E-state index contributed by atoms with van der Waals surface area (Å²) >= 11 is 6.25. The second-order valence-corrected chi connectivity index (χ2v) is 6.80. The molecule has 1 fully saturated rings. The molecule has 3 rings (SSSR count). The van der Waals surface area contributed by atoms with E-state index < -0.39 is 0 Å². The number of aryl methyl sites for hydroxylation is 1. The lowest BCUT2D eigenvalue weighted by Crippen LogP contribution is -2.47. The molecule has 0 aliphatic carbocycles. The number of amides is 1. The van der Waals surface area contributed by atoms with Gasteiger partial charge >= 0.3 is 0 Å². The van der Waals surface area contributed by atoms with Gasteiger partial charge in [0.1, 0.15) is 0 Å². The Balaban J connectivity index is 1.84. The summed E-state index contributed by atoms with van der Waals surface area (Å²) in [6.45, 7) is 7.80. The van der Waals surface area contributed by atoms with Crippen molar-refractivity contribution in [3.05, 3.63) is 51.8 Å². The first-order valence-corrected chi connectivity index (χ1v) is 8.60. The van der Waals surface area contributed by atoms with E-state index in [0.717, 1.165) is 53.7 Å². The molecule has 24 heavy (non-hydrogen) atoms. The van der Waals surface area contributed by atoms with Crippen molar-refractivity contribution in [1.82, 2.24) is 19.6 Å². The first-order chi connectivity index (χ1) is 11.5. The average molecular weight is 347 g/mol. The van der Waals surface area contributed by atoms with Crippen molar-refractivity contribution in [2.75, 3.05) is 33.2 Å². The minimum atomic E-state index is 0.0866. The Bertz CT molecular complexity index is 747. The molecule has 0 spiro atoms. The van der Waals surface area contributed by atoms with Crippen molar-refractivity contribution < 1.29 is 4.79 Å². The van der Waals surface area contributed by atoms with Crippen LogP contribution in [0.1, 0.15) is 27.3 Å². The van der Waals surface area contributed by atoms with Crippen LogP contribution in [-0.2, 0) is 6.54 Å². The van der Waals surface area contributed by atoms with Crippen molar-refractivity contribution in [3.8, 4) is 0 Å². The fourth-order valence-corrected chi connectivity index (χ4v) is 3.31. The Morgan fingerprint density at radius 1 is 1.17 bits per heavy atom. The Labute approximate surface area is 147 Å². The van der Waals surface area contributed by atoms with Crippen molar-refractivity contribution in [3.63, 3.8) is 0 Å². The summed E-state index contributed by atoms with van der Waals surface area (Å²) in [6, 6.07) is 7.73. The molecule has 5 nitrogen and oxygen atoms in total. The second-order valence-electron chi connectivity index (χ2n) is 6.39. The van der Waals surface area contributed by atoms with Crippen LogP contribution in [0.25, 0.3) is 0 Å². The quantitative estimate of drug-likeness (QED) is 0.857. The van der Waals surface area contributed by atoms with E-state index in [1.807, 2.05) is 47.7 Å². The lowest BCUT2D eigenvalue weighted by molar-refractivity contribution is 0.0662. The molecule has 0 radical (unpaired) electrons. The highest BCUT2D eigenvalue weighted by molar-refractivity contribution is 6.31. The van der Waals surface area contributed by atoms with Gasteiger partial charge in [-0.15, -0.1) is 0 Å². The van der Waals surface area contributed by atoms with Crippen LogP contribution < -0.4 is 0 Å². The molecule has 1 aromatic carbocycles. The fourth-order valence-electron chi connectivity index (χ4n) is 3.12. The number of rotatable bonds is 3. The zero-order chi connectivity index (χ0) is 17.3. The van der Waals surface area contributed by atoms with Crippen molar-refractivity contribution >= 4 is 17.5 Å². The lowest BCUT2D eigenvalue weighted by atomic mass is 10.1. The van der Waals surface area contributed by atoms with E-state index in [4.69, 9.17) is 11.6 Å². The number of halogens is 1. The molecule has 0 unspecified atom stereocenters. The summed E-state index contributed by atoms with van der Waals surface area (Å²) < 4.78 is 1.87. The van der Waals surface area contributed by atoms with Gasteiger partial charge in [0, 0.05) is 36.9 Å². The third kappa shape index (κ3) is 3.32. The predicted octanol–water partition coefficient (Wildman–Crippen LogP) is 2.59. The minimum Gasteiger partial charge on any atom is -0.336 e. The summed E-state index contributed by atoms with van der Waals surface area (Å²) in [7, 11) is 2.08. The number of aromatic nitrogens is 2. The largest absolute Gasteiger partial charge is 0.336 e. The number of carbonyl (C=O) groups excluding carboxylic acids is 1. The number of hydrogen-bond donors (Lipinski definition) is 0. The molecular formula is C18H23ClN4O. The minimum absolute atomic E-state index is 0.0866. The number of likely N-dealkylation sites (N-methyl/N-ethyl adjacent to an activating group) is 1. The van der Waals surface area contributed by atoms with Gasteiger partial charge in [0.05, 0.1) is 17.8 Å². The maximum Gasteiger partial charge on any atom is 0.257 e. The highest BCUT2D eigenvalue weighted by Gasteiger charge is 2.26. The summed E-state index contributed by atoms with van der Waals surface area (Å²) in [4.78, 5) is 17.1. The Morgan fingerprint density at radius 3 is 2.50 bits per heavy atom. The fraction of sp³-hybridized carbons (Fsp3) is 0.444. The molecule has 0 N–H and O–H groups in total. The van der Waals surface area contributed by atoms with Crippen LogP contribution in [0, 0.1) is 13.8 Å². The van der Waals surface area contributed by atoms with Crippen molar-refractivity contribution in [2.24, 2.45) is 0 Å². The molecule has 1 aliphatic heterocycles. The summed E-state index contributed by atoms with van der Waals surface area (Å²) in [5.41, 5.74) is 3.41. The lowest BCUT2D eigenvalue weighted by Gasteiger charge is -2.32. The van der Waals surface area contributed by atoms with E-state index in [-0.39, 0.29) is 5.91 Å². The monoisotopic (exact) mass is 346 g/mol. The first kappa shape index (κ1) is 17.0. The van der Waals surface area contributed by atoms with E-state index >= 15 is 0 Å². The van der Waals surface area contributed by atoms with E-state index in [1.54, 1.807) is 0 Å².